The first-order valence-corrected chi connectivity index (χ1v) is 6.58. The number of phenols is 1. The van der Waals surface area contributed by atoms with E-state index in [9.17, 15) is 14.3 Å². The number of anilines is 1. The highest BCUT2D eigenvalue weighted by Gasteiger charge is 2.12. The standard InChI is InChI=1S/C17H12FNO3/c18-12-3-1-11(2-4-12)15-9-10-16(22-15)17(21)19-13-5-7-14(20)8-6-13/h1-10,20H,(H,19,21). The molecule has 3 rings (SSSR count). The number of benzene rings is 2. The van der Waals surface area contributed by atoms with Crippen LogP contribution in [-0.4, -0.2) is 11.0 Å². The Morgan fingerprint density at radius 3 is 2.32 bits per heavy atom. The molecule has 4 nitrogen and oxygen atoms in total. The van der Waals surface area contributed by atoms with Gasteiger partial charge < -0.3 is 14.8 Å². The molecule has 0 saturated heterocycles. The van der Waals surface area contributed by atoms with E-state index >= 15 is 0 Å². The number of hydrogen-bond donors (Lipinski definition) is 2. The number of rotatable bonds is 3. The molecule has 0 saturated carbocycles. The van der Waals surface area contributed by atoms with Crippen LogP contribution < -0.4 is 5.32 Å². The van der Waals surface area contributed by atoms with E-state index in [2.05, 4.69) is 5.32 Å². The number of nitrogens with one attached hydrogen (secondary N) is 1. The molecule has 1 aromatic heterocycles. The lowest BCUT2D eigenvalue weighted by Gasteiger charge is -2.03. The molecule has 0 bridgehead atoms. The van der Waals surface area contributed by atoms with Gasteiger partial charge in [0.25, 0.3) is 5.91 Å². The van der Waals surface area contributed by atoms with Crippen LogP contribution in [0.5, 0.6) is 5.75 Å². The number of hydrogen-bond acceptors (Lipinski definition) is 3. The van der Waals surface area contributed by atoms with Crippen LogP contribution in [0.1, 0.15) is 10.6 Å². The Bertz CT molecular complexity index is 792. The van der Waals surface area contributed by atoms with Crippen molar-refractivity contribution in [1.82, 2.24) is 0 Å². The molecule has 0 unspecified atom stereocenters. The van der Waals surface area contributed by atoms with Crippen molar-refractivity contribution in [3.05, 3.63) is 72.2 Å². The molecule has 5 heteroatoms. The molecule has 2 aromatic carbocycles. The van der Waals surface area contributed by atoms with Crippen LogP contribution in [0.25, 0.3) is 11.3 Å². The van der Waals surface area contributed by atoms with Crippen molar-refractivity contribution in [2.75, 3.05) is 5.32 Å². The summed E-state index contributed by atoms with van der Waals surface area (Å²) < 4.78 is 18.4. The van der Waals surface area contributed by atoms with Gasteiger partial charge in [-0.1, -0.05) is 0 Å². The van der Waals surface area contributed by atoms with Crippen molar-refractivity contribution in [3.8, 4) is 17.1 Å². The van der Waals surface area contributed by atoms with Crippen LogP contribution >= 0.6 is 0 Å². The summed E-state index contributed by atoms with van der Waals surface area (Å²) in [6, 6.07) is 15.1. The molecule has 1 amide bonds. The van der Waals surface area contributed by atoms with Crippen molar-refractivity contribution in [1.29, 1.82) is 0 Å². The van der Waals surface area contributed by atoms with Gasteiger partial charge in [-0.3, -0.25) is 4.79 Å². The van der Waals surface area contributed by atoms with Crippen LogP contribution in [0.4, 0.5) is 10.1 Å². The first-order chi connectivity index (χ1) is 10.6. The molecule has 110 valence electrons. The van der Waals surface area contributed by atoms with Gasteiger partial charge in [-0.2, -0.15) is 0 Å². The quantitative estimate of drug-likeness (QED) is 0.717. The van der Waals surface area contributed by atoms with E-state index < -0.39 is 5.91 Å². The van der Waals surface area contributed by atoms with Crippen LogP contribution in [0, 0.1) is 5.82 Å². The van der Waals surface area contributed by atoms with Gasteiger partial charge in [0.05, 0.1) is 0 Å². The Morgan fingerprint density at radius 1 is 0.955 bits per heavy atom. The van der Waals surface area contributed by atoms with Crippen LogP contribution in [0.3, 0.4) is 0 Å². The molecule has 0 aliphatic rings. The van der Waals surface area contributed by atoms with Crippen LogP contribution in [-0.2, 0) is 0 Å². The lowest BCUT2D eigenvalue weighted by molar-refractivity contribution is 0.0997. The highest BCUT2D eigenvalue weighted by molar-refractivity contribution is 6.02. The van der Waals surface area contributed by atoms with Gasteiger partial charge in [0.2, 0.25) is 0 Å². The number of carbonyl (C=O) groups is 1. The molecule has 22 heavy (non-hydrogen) atoms. The summed E-state index contributed by atoms with van der Waals surface area (Å²) in [5, 5.41) is 11.9. The first kappa shape index (κ1) is 13.9. The Balaban J connectivity index is 1.76. The van der Waals surface area contributed by atoms with Gasteiger partial charge in [-0.15, -0.1) is 0 Å². The van der Waals surface area contributed by atoms with E-state index in [0.717, 1.165) is 0 Å². The fraction of sp³-hybridized carbons (Fsp3) is 0. The Labute approximate surface area is 125 Å². The molecule has 0 spiro atoms. The Hall–Kier alpha value is -3.08. The van der Waals surface area contributed by atoms with Crippen molar-refractivity contribution in [2.24, 2.45) is 0 Å². The predicted molar refractivity (Wildman–Crippen MR) is 80.2 cm³/mol. The van der Waals surface area contributed by atoms with Crippen molar-refractivity contribution >= 4 is 11.6 Å². The molecule has 1 heterocycles. The molecule has 3 aromatic rings. The van der Waals surface area contributed by atoms with Crippen LogP contribution in [0.15, 0.2) is 65.1 Å². The zero-order valence-corrected chi connectivity index (χ0v) is 11.4. The van der Waals surface area contributed by atoms with Gasteiger partial charge in [0.1, 0.15) is 17.3 Å². The van der Waals surface area contributed by atoms with E-state index in [1.54, 1.807) is 36.4 Å². The first-order valence-electron chi connectivity index (χ1n) is 6.58. The average Bonchev–Trinajstić information content (AvgIpc) is 3.00. The summed E-state index contributed by atoms with van der Waals surface area (Å²) in [6.07, 6.45) is 0. The third-order valence-electron chi connectivity index (χ3n) is 3.08. The summed E-state index contributed by atoms with van der Waals surface area (Å²) in [5.74, 6) is 0.0116. The molecule has 2 N–H and O–H groups in total. The minimum Gasteiger partial charge on any atom is -0.508 e. The molecule has 0 aliphatic heterocycles. The van der Waals surface area contributed by atoms with E-state index in [0.29, 0.717) is 17.0 Å². The minimum absolute atomic E-state index is 0.120. The summed E-state index contributed by atoms with van der Waals surface area (Å²) in [5.41, 5.74) is 1.23. The molecule has 0 atom stereocenters. The SMILES string of the molecule is O=C(Nc1ccc(O)cc1)c1ccc(-c2ccc(F)cc2)o1. The largest absolute Gasteiger partial charge is 0.508 e. The van der Waals surface area contributed by atoms with Gasteiger partial charge in [-0.25, -0.2) is 4.39 Å². The molecule has 0 fully saturated rings. The summed E-state index contributed by atoms with van der Waals surface area (Å²) in [4.78, 5) is 12.1. The van der Waals surface area contributed by atoms with E-state index in [4.69, 9.17) is 4.42 Å². The maximum atomic E-state index is 12.9. The fourth-order valence-corrected chi connectivity index (χ4v) is 1.97. The normalized spacial score (nSPS) is 10.4. The Morgan fingerprint density at radius 2 is 1.64 bits per heavy atom. The molecular weight excluding hydrogens is 285 g/mol. The maximum absolute atomic E-state index is 12.9. The van der Waals surface area contributed by atoms with Gasteiger partial charge in [0.15, 0.2) is 5.76 Å². The summed E-state index contributed by atoms with van der Waals surface area (Å²) in [7, 11) is 0. The van der Waals surface area contributed by atoms with Gasteiger partial charge >= 0.3 is 0 Å². The predicted octanol–water partition coefficient (Wildman–Crippen LogP) is 4.04. The average molecular weight is 297 g/mol. The smallest absolute Gasteiger partial charge is 0.291 e. The van der Waals surface area contributed by atoms with E-state index in [1.807, 2.05) is 0 Å². The highest BCUT2D eigenvalue weighted by atomic mass is 19.1. The lowest BCUT2D eigenvalue weighted by atomic mass is 10.2. The minimum atomic E-state index is -0.404. The van der Waals surface area contributed by atoms with E-state index in [1.165, 1.54) is 24.3 Å². The van der Waals surface area contributed by atoms with Gasteiger partial charge in [-0.05, 0) is 60.7 Å². The summed E-state index contributed by atoms with van der Waals surface area (Å²) >= 11 is 0. The third kappa shape index (κ3) is 2.98. The second-order valence-corrected chi connectivity index (χ2v) is 4.67. The van der Waals surface area contributed by atoms with E-state index in [-0.39, 0.29) is 17.3 Å². The fourth-order valence-electron chi connectivity index (χ4n) is 1.97. The lowest BCUT2D eigenvalue weighted by Crippen LogP contribution is -2.10. The van der Waals surface area contributed by atoms with Crippen molar-refractivity contribution < 1.29 is 18.7 Å². The Kier molecular flexibility index (Phi) is 3.62. The number of furan rings is 1. The number of amides is 1. The number of aromatic hydroxyl groups is 1. The summed E-state index contributed by atoms with van der Waals surface area (Å²) in [6.45, 7) is 0. The van der Waals surface area contributed by atoms with Crippen molar-refractivity contribution in [3.63, 3.8) is 0 Å². The topological polar surface area (TPSA) is 62.5 Å². The molecule has 0 radical (unpaired) electrons. The molecule has 0 aliphatic carbocycles. The second kappa shape index (κ2) is 5.73. The zero-order chi connectivity index (χ0) is 15.5. The zero-order valence-electron chi connectivity index (χ0n) is 11.4. The van der Waals surface area contributed by atoms with Crippen LogP contribution in [0.2, 0.25) is 0 Å². The molecular formula is C17H12FNO3. The monoisotopic (exact) mass is 297 g/mol. The third-order valence-corrected chi connectivity index (χ3v) is 3.08. The van der Waals surface area contributed by atoms with Gasteiger partial charge in [0, 0.05) is 11.3 Å². The number of halogens is 1. The maximum Gasteiger partial charge on any atom is 0.291 e. The second-order valence-electron chi connectivity index (χ2n) is 4.67. The number of carbonyl (C=O) groups excluding carboxylic acids is 1. The van der Waals surface area contributed by atoms with Crippen molar-refractivity contribution in [2.45, 2.75) is 0 Å². The number of phenolic OH excluding ortho intramolecular Hbond substituents is 1. The highest BCUT2D eigenvalue weighted by Crippen LogP contribution is 2.23.